The van der Waals surface area contributed by atoms with Gasteiger partial charge in [0.15, 0.2) is 0 Å². The molecule has 0 spiro atoms. The number of ether oxygens (including phenoxy) is 3. The second-order valence-electron chi connectivity index (χ2n) is 7.66. The average molecular weight is 453 g/mol. The van der Waals surface area contributed by atoms with Gasteiger partial charge in [0.25, 0.3) is 5.91 Å². The molecule has 0 aliphatic carbocycles. The number of hydrogen-bond acceptors (Lipinski definition) is 6. The van der Waals surface area contributed by atoms with E-state index in [9.17, 15) is 14.4 Å². The van der Waals surface area contributed by atoms with Gasteiger partial charge in [0, 0.05) is 18.7 Å². The summed E-state index contributed by atoms with van der Waals surface area (Å²) in [6.07, 6.45) is -0.233. The van der Waals surface area contributed by atoms with Crippen LogP contribution in [0.25, 0.3) is 0 Å². The van der Waals surface area contributed by atoms with Crippen molar-refractivity contribution >= 4 is 17.8 Å². The fourth-order valence-corrected chi connectivity index (χ4v) is 3.28. The Kier molecular flexibility index (Phi) is 8.46. The van der Waals surface area contributed by atoms with Crippen LogP contribution in [0.4, 0.5) is 0 Å². The quantitative estimate of drug-likeness (QED) is 0.338. The van der Waals surface area contributed by atoms with Gasteiger partial charge in [-0.25, -0.2) is 0 Å². The molecule has 33 heavy (non-hydrogen) atoms. The number of esters is 1. The van der Waals surface area contributed by atoms with E-state index in [4.69, 9.17) is 14.2 Å². The minimum Gasteiger partial charge on any atom is -0.490 e. The zero-order valence-electron chi connectivity index (χ0n) is 18.6. The van der Waals surface area contributed by atoms with E-state index in [-0.39, 0.29) is 31.4 Å². The third-order valence-corrected chi connectivity index (χ3v) is 4.90. The topological polar surface area (TPSA) is 94.2 Å². The monoisotopic (exact) mass is 452 g/mol. The first-order valence-corrected chi connectivity index (χ1v) is 10.7. The summed E-state index contributed by atoms with van der Waals surface area (Å²) in [4.78, 5) is 39.2. The zero-order valence-corrected chi connectivity index (χ0v) is 18.6. The number of carbonyl (C=O) groups excluding carboxylic acids is 3. The molecule has 2 aromatic rings. The van der Waals surface area contributed by atoms with E-state index in [1.807, 2.05) is 25.1 Å². The number of carbonyl (C=O) groups is 3. The Balaban J connectivity index is 1.54. The van der Waals surface area contributed by atoms with Gasteiger partial charge in [0.05, 0.1) is 6.42 Å². The van der Waals surface area contributed by atoms with E-state index in [1.165, 1.54) is 4.90 Å². The SMILES string of the molecule is C=C(C)COc1ccc(C(=O)N2CCNC(=O)C2CC(=O)OCCOc2ccccc2)cc1. The Morgan fingerprint density at radius 1 is 1.03 bits per heavy atom. The lowest BCUT2D eigenvalue weighted by molar-refractivity contribution is -0.148. The first-order valence-electron chi connectivity index (χ1n) is 10.7. The predicted molar refractivity (Wildman–Crippen MR) is 122 cm³/mol. The van der Waals surface area contributed by atoms with E-state index in [2.05, 4.69) is 11.9 Å². The third-order valence-electron chi connectivity index (χ3n) is 4.90. The van der Waals surface area contributed by atoms with Gasteiger partial charge in [-0.1, -0.05) is 24.8 Å². The van der Waals surface area contributed by atoms with Gasteiger partial charge in [0.1, 0.15) is 37.4 Å². The lowest BCUT2D eigenvalue weighted by Crippen LogP contribution is -2.57. The molecule has 8 nitrogen and oxygen atoms in total. The van der Waals surface area contributed by atoms with Crippen molar-refractivity contribution in [3.63, 3.8) is 0 Å². The van der Waals surface area contributed by atoms with Crippen molar-refractivity contribution in [1.29, 1.82) is 0 Å². The molecule has 1 aliphatic heterocycles. The van der Waals surface area contributed by atoms with E-state index < -0.39 is 12.0 Å². The fraction of sp³-hybridized carbons (Fsp3) is 0.320. The summed E-state index contributed by atoms with van der Waals surface area (Å²) in [6, 6.07) is 14.9. The van der Waals surface area contributed by atoms with Gasteiger partial charge in [0.2, 0.25) is 5.91 Å². The van der Waals surface area contributed by atoms with Crippen LogP contribution in [-0.2, 0) is 14.3 Å². The molecular weight excluding hydrogens is 424 g/mol. The number of hydrogen-bond donors (Lipinski definition) is 1. The minimum atomic E-state index is -0.937. The Labute approximate surface area is 193 Å². The molecule has 1 heterocycles. The maximum absolute atomic E-state index is 13.1. The molecular formula is C25H28N2O6. The number of nitrogens with zero attached hydrogens (tertiary/aromatic N) is 1. The lowest BCUT2D eigenvalue weighted by atomic mass is 10.1. The molecule has 2 aromatic carbocycles. The minimum absolute atomic E-state index is 0.0433. The summed E-state index contributed by atoms with van der Waals surface area (Å²) in [5.74, 6) is 0.00174. The second-order valence-corrected chi connectivity index (χ2v) is 7.66. The molecule has 2 amide bonds. The van der Waals surface area contributed by atoms with Gasteiger partial charge in [-0.3, -0.25) is 14.4 Å². The molecule has 8 heteroatoms. The highest BCUT2D eigenvalue weighted by Gasteiger charge is 2.35. The molecule has 1 saturated heterocycles. The highest BCUT2D eigenvalue weighted by atomic mass is 16.6. The van der Waals surface area contributed by atoms with Crippen molar-refractivity contribution in [2.24, 2.45) is 0 Å². The van der Waals surface area contributed by atoms with E-state index in [0.717, 1.165) is 5.57 Å². The Morgan fingerprint density at radius 2 is 1.73 bits per heavy atom. The van der Waals surface area contributed by atoms with Crippen LogP contribution in [0, 0.1) is 0 Å². The van der Waals surface area contributed by atoms with Crippen molar-refractivity contribution in [3.8, 4) is 11.5 Å². The Morgan fingerprint density at radius 3 is 2.42 bits per heavy atom. The van der Waals surface area contributed by atoms with Crippen LogP contribution < -0.4 is 14.8 Å². The number of rotatable bonds is 10. The number of benzene rings is 2. The van der Waals surface area contributed by atoms with Crippen LogP contribution in [0.15, 0.2) is 66.7 Å². The van der Waals surface area contributed by atoms with Crippen LogP contribution in [0.2, 0.25) is 0 Å². The average Bonchev–Trinajstić information content (AvgIpc) is 2.82. The smallest absolute Gasteiger partial charge is 0.308 e. The molecule has 1 unspecified atom stereocenters. The summed E-state index contributed by atoms with van der Waals surface area (Å²) in [5.41, 5.74) is 1.29. The summed E-state index contributed by atoms with van der Waals surface area (Å²) in [5, 5.41) is 2.71. The van der Waals surface area contributed by atoms with Gasteiger partial charge in [-0.05, 0) is 48.9 Å². The number of nitrogens with one attached hydrogen (secondary N) is 1. The molecule has 0 aromatic heterocycles. The largest absolute Gasteiger partial charge is 0.490 e. The molecule has 1 atom stereocenters. The highest BCUT2D eigenvalue weighted by Crippen LogP contribution is 2.18. The highest BCUT2D eigenvalue weighted by molar-refractivity contribution is 5.99. The van der Waals surface area contributed by atoms with Gasteiger partial charge in [-0.15, -0.1) is 0 Å². The van der Waals surface area contributed by atoms with E-state index in [0.29, 0.717) is 36.8 Å². The molecule has 174 valence electrons. The van der Waals surface area contributed by atoms with Gasteiger partial charge in [-0.2, -0.15) is 0 Å². The molecule has 1 aliphatic rings. The van der Waals surface area contributed by atoms with E-state index >= 15 is 0 Å². The van der Waals surface area contributed by atoms with Crippen molar-refractivity contribution < 1.29 is 28.6 Å². The van der Waals surface area contributed by atoms with Crippen LogP contribution >= 0.6 is 0 Å². The molecule has 1 fully saturated rings. The van der Waals surface area contributed by atoms with Gasteiger partial charge >= 0.3 is 5.97 Å². The Bertz CT molecular complexity index is 974. The first kappa shape index (κ1) is 23.8. The summed E-state index contributed by atoms with van der Waals surface area (Å²) in [6.45, 7) is 6.89. The zero-order chi connectivity index (χ0) is 23.6. The molecule has 3 rings (SSSR count). The van der Waals surface area contributed by atoms with E-state index in [1.54, 1.807) is 36.4 Å². The maximum atomic E-state index is 13.1. The van der Waals surface area contributed by atoms with Crippen molar-refractivity contribution in [2.45, 2.75) is 19.4 Å². The Hall–Kier alpha value is -3.81. The number of para-hydroxylation sites is 1. The lowest BCUT2D eigenvalue weighted by Gasteiger charge is -2.34. The maximum Gasteiger partial charge on any atom is 0.308 e. The fourth-order valence-electron chi connectivity index (χ4n) is 3.28. The molecule has 1 N–H and O–H groups in total. The summed E-state index contributed by atoms with van der Waals surface area (Å²) in [7, 11) is 0. The van der Waals surface area contributed by atoms with Crippen molar-refractivity contribution in [1.82, 2.24) is 10.2 Å². The molecule has 0 bridgehead atoms. The molecule has 0 saturated carbocycles. The van der Waals surface area contributed by atoms with Crippen LogP contribution in [0.5, 0.6) is 11.5 Å². The van der Waals surface area contributed by atoms with Crippen LogP contribution in [0.1, 0.15) is 23.7 Å². The normalized spacial score (nSPS) is 15.4. The van der Waals surface area contributed by atoms with Crippen molar-refractivity contribution in [2.75, 3.05) is 32.9 Å². The standard InChI is InChI=1S/C25H28N2O6/c1-18(2)17-33-21-10-8-19(9-11-21)25(30)27-13-12-26-24(29)22(27)16-23(28)32-15-14-31-20-6-4-3-5-7-20/h3-11,22H,1,12-17H2,2H3,(H,26,29). The number of amides is 2. The third kappa shape index (κ3) is 7.10. The molecule has 0 radical (unpaired) electrons. The number of piperazine rings is 1. The van der Waals surface area contributed by atoms with Crippen LogP contribution in [-0.4, -0.2) is 61.6 Å². The summed E-state index contributed by atoms with van der Waals surface area (Å²) < 4.78 is 16.2. The van der Waals surface area contributed by atoms with Crippen LogP contribution in [0.3, 0.4) is 0 Å². The summed E-state index contributed by atoms with van der Waals surface area (Å²) >= 11 is 0. The second kappa shape index (κ2) is 11.7. The van der Waals surface area contributed by atoms with Crippen molar-refractivity contribution in [3.05, 3.63) is 72.3 Å². The predicted octanol–water partition coefficient (Wildman–Crippen LogP) is 2.59. The first-order chi connectivity index (χ1) is 15.9. The van der Waals surface area contributed by atoms with Gasteiger partial charge < -0.3 is 24.4 Å².